The molecule has 0 saturated heterocycles. The second-order valence-corrected chi connectivity index (χ2v) is 9.17. The lowest BCUT2D eigenvalue weighted by Crippen LogP contribution is -2.33. The minimum absolute atomic E-state index is 0.0407. The minimum Gasteiger partial charge on any atom is -0.508 e. The molecule has 0 aliphatic rings. The molecule has 0 fully saturated rings. The number of carbonyl (C=O) groups excluding carboxylic acids is 3. The second-order valence-electron chi connectivity index (χ2n) is 9.17. The van der Waals surface area contributed by atoms with Crippen molar-refractivity contribution in [2.75, 3.05) is 19.6 Å². The van der Waals surface area contributed by atoms with Gasteiger partial charge < -0.3 is 25.8 Å². The molecule has 0 heterocycles. The van der Waals surface area contributed by atoms with E-state index in [4.69, 9.17) is 4.74 Å². The summed E-state index contributed by atoms with van der Waals surface area (Å²) in [5.74, 6) is 0.324. The number of rotatable bonds is 15. The SMILES string of the molecule is CC(C)(C)OC(=O)NCCCCCC(=O)NCCCCCC(=O)NCCc1ccc(O)cc1. The first-order valence-electron chi connectivity index (χ1n) is 11.9. The van der Waals surface area contributed by atoms with Crippen molar-refractivity contribution in [2.24, 2.45) is 0 Å². The maximum absolute atomic E-state index is 11.9. The molecule has 0 saturated carbocycles. The van der Waals surface area contributed by atoms with Crippen molar-refractivity contribution in [1.82, 2.24) is 16.0 Å². The van der Waals surface area contributed by atoms with E-state index in [9.17, 15) is 19.5 Å². The molecule has 4 N–H and O–H groups in total. The van der Waals surface area contributed by atoms with E-state index in [1.807, 2.05) is 32.9 Å². The zero-order chi connectivity index (χ0) is 24.5. The average Bonchev–Trinajstić information content (AvgIpc) is 2.73. The Morgan fingerprint density at radius 1 is 0.758 bits per heavy atom. The van der Waals surface area contributed by atoms with Crippen LogP contribution in [-0.4, -0.2) is 48.2 Å². The van der Waals surface area contributed by atoms with Gasteiger partial charge in [-0.3, -0.25) is 9.59 Å². The van der Waals surface area contributed by atoms with E-state index in [2.05, 4.69) is 16.0 Å². The van der Waals surface area contributed by atoms with Gasteiger partial charge in [-0.1, -0.05) is 25.0 Å². The van der Waals surface area contributed by atoms with E-state index in [0.29, 0.717) is 32.5 Å². The molecule has 3 amide bonds. The van der Waals surface area contributed by atoms with E-state index in [1.54, 1.807) is 12.1 Å². The molecule has 0 atom stereocenters. The minimum atomic E-state index is -0.496. The summed E-state index contributed by atoms with van der Waals surface area (Å²) in [5.41, 5.74) is 0.575. The van der Waals surface area contributed by atoms with E-state index in [1.165, 1.54) is 0 Å². The highest BCUT2D eigenvalue weighted by molar-refractivity contribution is 5.76. The van der Waals surface area contributed by atoms with Crippen LogP contribution in [0, 0.1) is 0 Å². The van der Waals surface area contributed by atoms with Crippen LogP contribution in [-0.2, 0) is 20.7 Å². The Morgan fingerprint density at radius 3 is 1.82 bits per heavy atom. The number of alkyl carbamates (subject to hydrolysis) is 1. The van der Waals surface area contributed by atoms with Crippen molar-refractivity contribution < 1.29 is 24.2 Å². The summed E-state index contributed by atoms with van der Waals surface area (Å²) in [5, 5.41) is 17.8. The van der Waals surface area contributed by atoms with Gasteiger partial charge in [0, 0.05) is 32.5 Å². The molecule has 0 bridgehead atoms. The van der Waals surface area contributed by atoms with Crippen LogP contribution >= 0.6 is 0 Å². The lowest BCUT2D eigenvalue weighted by Gasteiger charge is -2.19. The van der Waals surface area contributed by atoms with E-state index in [-0.39, 0.29) is 17.6 Å². The Morgan fingerprint density at radius 2 is 1.27 bits per heavy atom. The number of hydrogen-bond acceptors (Lipinski definition) is 5. The number of nitrogens with one attached hydrogen (secondary N) is 3. The third kappa shape index (κ3) is 16.5. The van der Waals surface area contributed by atoms with Crippen LogP contribution in [0.15, 0.2) is 24.3 Å². The van der Waals surface area contributed by atoms with Gasteiger partial charge in [-0.05, 0) is 70.6 Å². The lowest BCUT2D eigenvalue weighted by atomic mass is 10.1. The Bertz CT molecular complexity index is 714. The van der Waals surface area contributed by atoms with Gasteiger partial charge >= 0.3 is 6.09 Å². The third-order valence-electron chi connectivity index (χ3n) is 4.82. The Balaban J connectivity index is 1.90. The second kappa shape index (κ2) is 15.9. The molecule has 1 aromatic rings. The molecule has 0 aromatic heterocycles. The van der Waals surface area contributed by atoms with Crippen LogP contribution in [0.4, 0.5) is 4.79 Å². The van der Waals surface area contributed by atoms with E-state index >= 15 is 0 Å². The monoisotopic (exact) mass is 463 g/mol. The molecular weight excluding hydrogens is 422 g/mol. The number of phenolic OH excluding ortho intramolecular Hbond substituents is 1. The fourth-order valence-corrected chi connectivity index (χ4v) is 3.09. The largest absolute Gasteiger partial charge is 0.508 e. The summed E-state index contributed by atoms with van der Waals surface area (Å²) in [6.07, 6.45) is 6.29. The Kier molecular flexibility index (Phi) is 13.7. The fraction of sp³-hybridized carbons (Fsp3) is 0.640. The molecule has 8 heteroatoms. The number of aromatic hydroxyl groups is 1. The van der Waals surface area contributed by atoms with Gasteiger partial charge in [0.15, 0.2) is 0 Å². The van der Waals surface area contributed by atoms with E-state index < -0.39 is 11.7 Å². The summed E-state index contributed by atoms with van der Waals surface area (Å²) < 4.78 is 5.16. The maximum atomic E-state index is 11.9. The lowest BCUT2D eigenvalue weighted by molar-refractivity contribution is -0.122. The van der Waals surface area contributed by atoms with Crippen LogP contribution in [0.2, 0.25) is 0 Å². The molecule has 1 rings (SSSR count). The quantitative estimate of drug-likeness (QED) is 0.295. The van der Waals surface area contributed by atoms with Gasteiger partial charge in [0.25, 0.3) is 0 Å². The number of hydrogen-bond donors (Lipinski definition) is 4. The van der Waals surface area contributed by atoms with Crippen molar-refractivity contribution in [3.8, 4) is 5.75 Å². The third-order valence-corrected chi connectivity index (χ3v) is 4.82. The summed E-state index contributed by atoms with van der Waals surface area (Å²) in [6.45, 7) is 7.22. The molecule has 8 nitrogen and oxygen atoms in total. The zero-order valence-corrected chi connectivity index (χ0v) is 20.4. The number of unbranched alkanes of at least 4 members (excludes halogenated alkanes) is 4. The number of ether oxygens (including phenoxy) is 1. The first-order valence-corrected chi connectivity index (χ1v) is 11.9. The first kappa shape index (κ1) is 28.3. The average molecular weight is 464 g/mol. The van der Waals surface area contributed by atoms with Crippen LogP contribution in [0.25, 0.3) is 0 Å². The van der Waals surface area contributed by atoms with Crippen molar-refractivity contribution in [3.05, 3.63) is 29.8 Å². The summed E-state index contributed by atoms with van der Waals surface area (Å²) in [6, 6.07) is 6.98. The number of amides is 3. The molecule has 33 heavy (non-hydrogen) atoms. The van der Waals surface area contributed by atoms with E-state index in [0.717, 1.165) is 50.5 Å². The fourth-order valence-electron chi connectivity index (χ4n) is 3.09. The predicted octanol–water partition coefficient (Wildman–Crippen LogP) is 3.81. The standard InChI is InChI=1S/C25H41N3O5/c1-25(2,3)33-24(32)28-18-9-5-7-10-22(30)26-17-8-4-6-11-23(31)27-19-16-20-12-14-21(29)15-13-20/h12-15,29H,4-11,16-19H2,1-3H3,(H,26,30)(H,27,31)(H,28,32). The number of carbonyl (C=O) groups is 3. The van der Waals surface area contributed by atoms with Crippen molar-refractivity contribution in [3.63, 3.8) is 0 Å². The van der Waals surface area contributed by atoms with Crippen molar-refractivity contribution >= 4 is 17.9 Å². The summed E-state index contributed by atoms with van der Waals surface area (Å²) >= 11 is 0. The molecular formula is C25H41N3O5. The molecule has 0 aliphatic heterocycles. The Hall–Kier alpha value is -2.77. The highest BCUT2D eigenvalue weighted by Gasteiger charge is 2.15. The zero-order valence-electron chi connectivity index (χ0n) is 20.4. The normalized spacial score (nSPS) is 11.0. The summed E-state index contributed by atoms with van der Waals surface area (Å²) in [7, 11) is 0. The Labute approximate surface area is 197 Å². The van der Waals surface area contributed by atoms with Crippen molar-refractivity contribution in [2.45, 2.75) is 84.2 Å². The first-order chi connectivity index (χ1) is 15.7. The van der Waals surface area contributed by atoms with Crippen LogP contribution in [0.3, 0.4) is 0 Å². The summed E-state index contributed by atoms with van der Waals surface area (Å²) in [4.78, 5) is 35.2. The van der Waals surface area contributed by atoms with Gasteiger partial charge in [0.1, 0.15) is 11.4 Å². The van der Waals surface area contributed by atoms with Gasteiger partial charge in [-0.25, -0.2) is 4.79 Å². The molecule has 0 aliphatic carbocycles. The number of phenols is 1. The van der Waals surface area contributed by atoms with Gasteiger partial charge in [-0.15, -0.1) is 0 Å². The number of benzene rings is 1. The smallest absolute Gasteiger partial charge is 0.407 e. The highest BCUT2D eigenvalue weighted by Crippen LogP contribution is 2.10. The maximum Gasteiger partial charge on any atom is 0.407 e. The molecule has 0 unspecified atom stereocenters. The van der Waals surface area contributed by atoms with Crippen molar-refractivity contribution in [1.29, 1.82) is 0 Å². The highest BCUT2D eigenvalue weighted by atomic mass is 16.6. The predicted molar refractivity (Wildman–Crippen MR) is 129 cm³/mol. The van der Waals surface area contributed by atoms with Crippen LogP contribution in [0.5, 0.6) is 5.75 Å². The molecule has 0 spiro atoms. The molecule has 1 aromatic carbocycles. The topological polar surface area (TPSA) is 117 Å². The van der Waals surface area contributed by atoms with Crippen LogP contribution < -0.4 is 16.0 Å². The van der Waals surface area contributed by atoms with Crippen LogP contribution in [0.1, 0.15) is 77.7 Å². The van der Waals surface area contributed by atoms with Gasteiger partial charge in [0.2, 0.25) is 11.8 Å². The molecule has 186 valence electrons. The van der Waals surface area contributed by atoms with Gasteiger partial charge in [0.05, 0.1) is 0 Å². The molecule has 0 radical (unpaired) electrons. The van der Waals surface area contributed by atoms with Gasteiger partial charge in [-0.2, -0.15) is 0 Å².